The zero-order chi connectivity index (χ0) is 15.8. The van der Waals surface area contributed by atoms with Crippen LogP contribution in [-0.4, -0.2) is 29.6 Å². The van der Waals surface area contributed by atoms with Gasteiger partial charge < -0.3 is 15.2 Å². The molecule has 0 saturated heterocycles. The fourth-order valence-electron chi connectivity index (χ4n) is 1.68. The van der Waals surface area contributed by atoms with E-state index in [0.29, 0.717) is 17.7 Å². The van der Waals surface area contributed by atoms with Gasteiger partial charge in [0.05, 0.1) is 11.5 Å². The van der Waals surface area contributed by atoms with Gasteiger partial charge in [-0.25, -0.2) is 0 Å². The summed E-state index contributed by atoms with van der Waals surface area (Å²) < 4.78 is 5.44. The molecule has 112 valence electrons. The van der Waals surface area contributed by atoms with E-state index in [0.717, 1.165) is 0 Å². The number of amides is 1. The molecule has 0 spiro atoms. The van der Waals surface area contributed by atoms with E-state index < -0.39 is 23.9 Å². The lowest BCUT2D eigenvalue weighted by atomic mass is 10.1. The molecule has 0 fully saturated rings. The molecule has 1 aromatic carbocycles. The molecular formula is C15H18N2O4. The number of benzene rings is 1. The van der Waals surface area contributed by atoms with E-state index in [1.807, 2.05) is 6.07 Å². The highest BCUT2D eigenvalue weighted by Gasteiger charge is 2.20. The van der Waals surface area contributed by atoms with Crippen molar-refractivity contribution >= 4 is 11.9 Å². The van der Waals surface area contributed by atoms with Crippen molar-refractivity contribution in [1.29, 1.82) is 5.26 Å². The first-order chi connectivity index (χ1) is 9.99. The largest absolute Gasteiger partial charge is 0.481 e. The van der Waals surface area contributed by atoms with Crippen LogP contribution in [0.1, 0.15) is 25.8 Å². The number of ether oxygens (including phenoxy) is 1. The molecule has 0 radical (unpaired) electrons. The van der Waals surface area contributed by atoms with Crippen LogP contribution in [0.3, 0.4) is 0 Å². The van der Waals surface area contributed by atoms with Gasteiger partial charge in [0, 0.05) is 6.54 Å². The van der Waals surface area contributed by atoms with Gasteiger partial charge in [0.1, 0.15) is 11.8 Å². The molecule has 1 rings (SSSR count). The first-order valence-corrected chi connectivity index (χ1v) is 6.65. The van der Waals surface area contributed by atoms with Crippen molar-refractivity contribution in [3.05, 3.63) is 29.8 Å². The van der Waals surface area contributed by atoms with Crippen molar-refractivity contribution in [1.82, 2.24) is 5.32 Å². The summed E-state index contributed by atoms with van der Waals surface area (Å²) >= 11 is 0. The van der Waals surface area contributed by atoms with E-state index >= 15 is 0 Å². The van der Waals surface area contributed by atoms with Crippen molar-refractivity contribution < 1.29 is 19.4 Å². The van der Waals surface area contributed by atoms with Gasteiger partial charge in [-0.3, -0.25) is 9.59 Å². The molecule has 0 aliphatic rings. The number of nitrogens with one attached hydrogen (secondary N) is 1. The number of para-hydroxylation sites is 1. The van der Waals surface area contributed by atoms with Crippen LogP contribution in [0.5, 0.6) is 5.75 Å². The summed E-state index contributed by atoms with van der Waals surface area (Å²) in [5, 5.41) is 20.4. The third-order valence-corrected chi connectivity index (χ3v) is 3.05. The van der Waals surface area contributed by atoms with Crippen LogP contribution in [0.2, 0.25) is 0 Å². The third-order valence-electron chi connectivity index (χ3n) is 3.05. The van der Waals surface area contributed by atoms with Gasteiger partial charge in [0.25, 0.3) is 5.91 Å². The fourth-order valence-corrected chi connectivity index (χ4v) is 1.68. The lowest BCUT2D eigenvalue weighted by molar-refractivity contribution is -0.141. The van der Waals surface area contributed by atoms with Gasteiger partial charge in [0.2, 0.25) is 0 Å². The zero-order valence-corrected chi connectivity index (χ0v) is 12.0. The number of aliphatic carboxylic acids is 1. The molecule has 0 aliphatic carbocycles. The van der Waals surface area contributed by atoms with E-state index in [2.05, 4.69) is 5.32 Å². The maximum absolute atomic E-state index is 11.9. The topological polar surface area (TPSA) is 99.4 Å². The van der Waals surface area contributed by atoms with Crippen molar-refractivity contribution in [2.24, 2.45) is 5.92 Å². The van der Waals surface area contributed by atoms with Crippen LogP contribution < -0.4 is 10.1 Å². The Kier molecular flexibility index (Phi) is 6.21. The number of hydrogen-bond donors (Lipinski definition) is 2. The second kappa shape index (κ2) is 7.90. The quantitative estimate of drug-likeness (QED) is 0.793. The number of carbonyl (C=O) groups excluding carboxylic acids is 1. The smallest absolute Gasteiger partial charge is 0.308 e. The highest BCUT2D eigenvalue weighted by atomic mass is 16.5. The summed E-state index contributed by atoms with van der Waals surface area (Å²) in [6.07, 6.45) is -0.381. The monoisotopic (exact) mass is 290 g/mol. The summed E-state index contributed by atoms with van der Waals surface area (Å²) in [5.74, 6) is -1.65. The lowest BCUT2D eigenvalue weighted by Crippen LogP contribution is -2.40. The summed E-state index contributed by atoms with van der Waals surface area (Å²) in [6.45, 7) is 3.34. The van der Waals surface area contributed by atoms with E-state index in [4.69, 9.17) is 15.1 Å². The van der Waals surface area contributed by atoms with Crippen molar-refractivity contribution in [2.45, 2.75) is 26.4 Å². The number of rotatable bonds is 7. The van der Waals surface area contributed by atoms with E-state index in [9.17, 15) is 9.59 Å². The molecular weight excluding hydrogens is 272 g/mol. The summed E-state index contributed by atoms with van der Waals surface area (Å²) in [7, 11) is 0. The molecule has 6 heteroatoms. The molecule has 21 heavy (non-hydrogen) atoms. The van der Waals surface area contributed by atoms with E-state index in [-0.39, 0.29) is 6.54 Å². The van der Waals surface area contributed by atoms with Crippen LogP contribution in [0.4, 0.5) is 0 Å². The van der Waals surface area contributed by atoms with Gasteiger partial charge in [-0.05, 0) is 25.5 Å². The van der Waals surface area contributed by atoms with Crippen LogP contribution in [0.15, 0.2) is 24.3 Å². The molecule has 0 aliphatic heterocycles. The standard InChI is InChI=1S/C15H18N2O4/c1-3-11(15(19)20)9-17-14(18)10(2)21-13-7-5-4-6-12(13)8-16/h4-7,10-11H,3,9H2,1-2H3,(H,17,18)(H,19,20). The average Bonchev–Trinajstić information content (AvgIpc) is 2.47. The Hall–Kier alpha value is -2.55. The first-order valence-electron chi connectivity index (χ1n) is 6.65. The van der Waals surface area contributed by atoms with Gasteiger partial charge >= 0.3 is 5.97 Å². The van der Waals surface area contributed by atoms with E-state index in [1.165, 1.54) is 0 Å². The van der Waals surface area contributed by atoms with Crippen LogP contribution in [-0.2, 0) is 9.59 Å². The highest BCUT2D eigenvalue weighted by Crippen LogP contribution is 2.18. The van der Waals surface area contributed by atoms with Crippen LogP contribution >= 0.6 is 0 Å². The number of carboxylic acid groups (broad SMARTS) is 1. The van der Waals surface area contributed by atoms with E-state index in [1.54, 1.807) is 38.1 Å². The third kappa shape index (κ3) is 4.80. The Morgan fingerprint density at radius 2 is 2.10 bits per heavy atom. The Morgan fingerprint density at radius 1 is 1.43 bits per heavy atom. The average molecular weight is 290 g/mol. The minimum absolute atomic E-state index is 0.0538. The summed E-state index contributed by atoms with van der Waals surface area (Å²) in [5.41, 5.74) is 0.342. The SMILES string of the molecule is CCC(CNC(=O)C(C)Oc1ccccc1C#N)C(=O)O. The number of hydrogen-bond acceptors (Lipinski definition) is 4. The molecule has 1 aromatic rings. The minimum atomic E-state index is -0.943. The lowest BCUT2D eigenvalue weighted by Gasteiger charge is -2.17. The van der Waals surface area contributed by atoms with Crippen molar-refractivity contribution in [3.63, 3.8) is 0 Å². The molecule has 0 aromatic heterocycles. The molecule has 2 atom stereocenters. The number of nitrogens with zero attached hydrogens (tertiary/aromatic N) is 1. The minimum Gasteiger partial charge on any atom is -0.481 e. The van der Waals surface area contributed by atoms with Crippen LogP contribution in [0.25, 0.3) is 0 Å². The van der Waals surface area contributed by atoms with Gasteiger partial charge in [0.15, 0.2) is 6.10 Å². The molecule has 6 nitrogen and oxygen atoms in total. The van der Waals surface area contributed by atoms with Crippen molar-refractivity contribution in [2.75, 3.05) is 6.54 Å². The predicted molar refractivity (Wildman–Crippen MR) is 75.7 cm³/mol. The maximum Gasteiger partial charge on any atom is 0.308 e. The normalized spacial score (nSPS) is 12.8. The molecule has 0 bridgehead atoms. The molecule has 2 unspecified atom stereocenters. The fraction of sp³-hybridized carbons (Fsp3) is 0.400. The van der Waals surface area contributed by atoms with Gasteiger partial charge in [-0.1, -0.05) is 19.1 Å². The second-order valence-corrected chi connectivity index (χ2v) is 4.56. The maximum atomic E-state index is 11.9. The van der Waals surface area contributed by atoms with Gasteiger partial charge in [-0.2, -0.15) is 5.26 Å². The predicted octanol–water partition coefficient (Wildman–Crippen LogP) is 1.55. The Labute approximate surface area is 123 Å². The molecule has 1 amide bonds. The Balaban J connectivity index is 2.59. The summed E-state index contributed by atoms with van der Waals surface area (Å²) in [4.78, 5) is 22.7. The molecule has 0 saturated carbocycles. The first kappa shape index (κ1) is 16.5. The van der Waals surface area contributed by atoms with Crippen molar-refractivity contribution in [3.8, 4) is 11.8 Å². The molecule has 0 heterocycles. The van der Waals surface area contributed by atoms with Crippen LogP contribution in [0, 0.1) is 17.2 Å². The Bertz CT molecular complexity index is 551. The zero-order valence-electron chi connectivity index (χ0n) is 12.0. The number of carboxylic acids is 1. The van der Waals surface area contributed by atoms with Gasteiger partial charge in [-0.15, -0.1) is 0 Å². The second-order valence-electron chi connectivity index (χ2n) is 4.56. The Morgan fingerprint density at radius 3 is 2.67 bits per heavy atom. The number of nitriles is 1. The molecule has 2 N–H and O–H groups in total. The number of carbonyl (C=O) groups is 2. The highest BCUT2D eigenvalue weighted by molar-refractivity contribution is 5.81. The summed E-state index contributed by atoms with van der Waals surface area (Å²) in [6, 6.07) is 8.59.